The molecule has 13 heteroatoms. The molecule has 1 aromatic heterocycles. The lowest BCUT2D eigenvalue weighted by Gasteiger charge is -2.17. The van der Waals surface area contributed by atoms with Crippen molar-refractivity contribution in [1.82, 2.24) is 9.78 Å². The van der Waals surface area contributed by atoms with Crippen molar-refractivity contribution in [3.8, 4) is 5.69 Å². The molecule has 0 amide bonds. The summed E-state index contributed by atoms with van der Waals surface area (Å²) in [7, 11) is 0. The molecule has 1 heterocycles. The van der Waals surface area contributed by atoms with E-state index in [1.54, 1.807) is 0 Å². The van der Waals surface area contributed by atoms with Gasteiger partial charge in [0.15, 0.2) is 0 Å². The van der Waals surface area contributed by atoms with Crippen molar-refractivity contribution in [2.24, 2.45) is 0 Å². The fourth-order valence-corrected chi connectivity index (χ4v) is 3.29. The van der Waals surface area contributed by atoms with Crippen LogP contribution in [-0.4, -0.2) is 33.1 Å². The van der Waals surface area contributed by atoms with E-state index in [1.807, 2.05) is 0 Å². The summed E-state index contributed by atoms with van der Waals surface area (Å²) >= 11 is -0.438. The van der Waals surface area contributed by atoms with E-state index in [4.69, 9.17) is 0 Å². The summed E-state index contributed by atoms with van der Waals surface area (Å²) in [5, 5.41) is -1.57. The molecule has 0 N–H and O–H groups in total. The second kappa shape index (κ2) is 7.49. The van der Waals surface area contributed by atoms with Crippen molar-refractivity contribution >= 4 is 23.5 Å². The van der Waals surface area contributed by atoms with Crippen LogP contribution in [0.2, 0.25) is 0 Å². The van der Waals surface area contributed by atoms with Crippen molar-refractivity contribution in [1.29, 1.82) is 0 Å². The Hall–Kier alpha value is -1.50. The van der Waals surface area contributed by atoms with Gasteiger partial charge in [0, 0.05) is 11.1 Å². The highest BCUT2D eigenvalue weighted by molar-refractivity contribution is 8.00. The van der Waals surface area contributed by atoms with E-state index in [1.165, 1.54) is 6.92 Å². The Morgan fingerprint density at radius 2 is 1.67 bits per heavy atom. The maximum Gasteiger partial charge on any atom is 0.464 e. The normalized spacial score (nSPS) is 13.3. The minimum Gasteiger partial charge on any atom is -0.237 e. The number of halogens is 9. The smallest absolute Gasteiger partial charge is 0.237 e. The van der Waals surface area contributed by atoms with Crippen molar-refractivity contribution in [3.05, 3.63) is 35.9 Å². The molecular formula is C14H9F9N2S2. The molecule has 2 nitrogen and oxygen atoms in total. The van der Waals surface area contributed by atoms with Gasteiger partial charge in [-0.1, -0.05) is 0 Å². The number of alkyl halides is 8. The van der Waals surface area contributed by atoms with E-state index in [-0.39, 0.29) is 16.1 Å². The molecule has 0 aliphatic rings. The third-order valence-corrected chi connectivity index (χ3v) is 5.17. The number of aryl methyl sites for hydroxylation is 1. The number of benzene rings is 1. The highest BCUT2D eigenvalue weighted by Crippen LogP contribution is 2.47. The molecule has 150 valence electrons. The summed E-state index contributed by atoms with van der Waals surface area (Å²) in [4.78, 5) is -0.532. The second-order valence-electron chi connectivity index (χ2n) is 5.21. The topological polar surface area (TPSA) is 17.8 Å². The first-order valence-corrected chi connectivity index (χ1v) is 8.68. The van der Waals surface area contributed by atoms with Gasteiger partial charge in [-0.15, -0.1) is 11.8 Å². The predicted octanol–water partition coefficient (Wildman–Crippen LogP) is 6.22. The summed E-state index contributed by atoms with van der Waals surface area (Å²) < 4.78 is 115. The quantitative estimate of drug-likeness (QED) is 0.406. The maximum absolute atomic E-state index is 14.1. The van der Waals surface area contributed by atoms with Crippen molar-refractivity contribution in [3.63, 3.8) is 0 Å². The Morgan fingerprint density at radius 3 is 2.22 bits per heavy atom. The summed E-state index contributed by atoms with van der Waals surface area (Å²) in [6, 6.07) is 1.94. The van der Waals surface area contributed by atoms with Gasteiger partial charge in [0.1, 0.15) is 11.5 Å². The molecule has 0 bridgehead atoms. The zero-order valence-electron chi connectivity index (χ0n) is 13.1. The number of hydrogen-bond acceptors (Lipinski definition) is 3. The molecule has 0 fully saturated rings. The van der Waals surface area contributed by atoms with Crippen molar-refractivity contribution < 1.29 is 39.5 Å². The van der Waals surface area contributed by atoms with Crippen LogP contribution >= 0.6 is 23.5 Å². The fraction of sp³-hybridized carbons (Fsp3) is 0.357. The first-order valence-electron chi connectivity index (χ1n) is 6.88. The van der Waals surface area contributed by atoms with Crippen molar-refractivity contribution in [2.45, 2.75) is 34.3 Å². The van der Waals surface area contributed by atoms with Gasteiger partial charge in [-0.3, -0.25) is 0 Å². The van der Waals surface area contributed by atoms with Gasteiger partial charge in [0.2, 0.25) is 0 Å². The lowest BCUT2D eigenvalue weighted by Crippen LogP contribution is -2.32. The molecular weight excluding hydrogens is 431 g/mol. The van der Waals surface area contributed by atoms with Crippen LogP contribution in [0.25, 0.3) is 5.69 Å². The minimum absolute atomic E-state index is 0.0639. The zero-order valence-corrected chi connectivity index (χ0v) is 14.8. The Kier molecular flexibility index (Phi) is 6.05. The molecule has 27 heavy (non-hydrogen) atoms. The SMILES string of the molecule is Cc1cc(F)c(-n2cc(SC(F)(F)C(F)(F)F)cn2)cc1SCC(F)(F)F. The molecule has 0 radical (unpaired) electrons. The lowest BCUT2D eigenvalue weighted by atomic mass is 10.2. The first-order chi connectivity index (χ1) is 12.2. The molecule has 0 atom stereocenters. The number of rotatable bonds is 5. The highest BCUT2D eigenvalue weighted by atomic mass is 32.2. The van der Waals surface area contributed by atoms with Crippen LogP contribution in [0.15, 0.2) is 34.3 Å². The highest BCUT2D eigenvalue weighted by Gasteiger charge is 2.58. The van der Waals surface area contributed by atoms with Crippen LogP contribution in [-0.2, 0) is 0 Å². The number of nitrogens with zero attached hydrogens (tertiary/aromatic N) is 2. The predicted molar refractivity (Wildman–Crippen MR) is 81.9 cm³/mol. The molecule has 0 spiro atoms. The molecule has 0 aliphatic heterocycles. The van der Waals surface area contributed by atoms with Gasteiger partial charge in [-0.25, -0.2) is 9.07 Å². The number of aromatic nitrogens is 2. The second-order valence-corrected chi connectivity index (χ2v) is 7.42. The van der Waals surface area contributed by atoms with Gasteiger partial charge in [-0.05, 0) is 36.4 Å². The molecule has 2 aromatic rings. The van der Waals surface area contributed by atoms with Crippen LogP contribution in [0, 0.1) is 12.7 Å². The Balaban J connectivity index is 2.30. The number of hydrogen-bond donors (Lipinski definition) is 0. The fourth-order valence-electron chi connectivity index (χ4n) is 1.83. The summed E-state index contributed by atoms with van der Waals surface area (Å²) in [6.07, 6.45) is -8.86. The monoisotopic (exact) mass is 440 g/mol. The molecule has 0 unspecified atom stereocenters. The largest absolute Gasteiger partial charge is 0.464 e. The van der Waals surface area contributed by atoms with Gasteiger partial charge in [0.05, 0.1) is 16.8 Å². The molecule has 1 aromatic carbocycles. The van der Waals surface area contributed by atoms with Crippen LogP contribution in [0.1, 0.15) is 5.56 Å². The van der Waals surface area contributed by atoms with E-state index in [9.17, 15) is 39.5 Å². The molecule has 0 aliphatic carbocycles. The molecule has 0 saturated heterocycles. The summed E-state index contributed by atoms with van der Waals surface area (Å²) in [5.41, 5.74) is -0.177. The van der Waals surface area contributed by atoms with Gasteiger partial charge < -0.3 is 0 Å². The third kappa shape index (κ3) is 5.50. The van der Waals surface area contributed by atoms with Crippen LogP contribution in [0.5, 0.6) is 0 Å². The third-order valence-electron chi connectivity index (χ3n) is 3.02. The average molecular weight is 440 g/mol. The Morgan fingerprint density at radius 1 is 1.04 bits per heavy atom. The van der Waals surface area contributed by atoms with Gasteiger partial charge in [-0.2, -0.15) is 40.2 Å². The molecule has 0 saturated carbocycles. The zero-order chi connectivity index (χ0) is 20.6. The van der Waals surface area contributed by atoms with Crippen molar-refractivity contribution in [2.75, 3.05) is 5.75 Å². The van der Waals surface area contributed by atoms with Gasteiger partial charge >= 0.3 is 17.6 Å². The van der Waals surface area contributed by atoms with E-state index in [0.29, 0.717) is 22.6 Å². The Bertz CT molecular complexity index is 812. The van der Waals surface area contributed by atoms with Gasteiger partial charge in [0.25, 0.3) is 0 Å². The average Bonchev–Trinajstić information content (AvgIpc) is 2.91. The minimum atomic E-state index is -5.80. The summed E-state index contributed by atoms with van der Waals surface area (Å²) in [5.74, 6) is -2.16. The van der Waals surface area contributed by atoms with E-state index in [0.717, 1.165) is 18.3 Å². The molecule has 2 rings (SSSR count). The lowest BCUT2D eigenvalue weighted by molar-refractivity contribution is -0.237. The van der Waals surface area contributed by atoms with E-state index < -0.39 is 45.8 Å². The van der Waals surface area contributed by atoms with E-state index >= 15 is 0 Å². The van der Waals surface area contributed by atoms with Crippen LogP contribution < -0.4 is 0 Å². The number of thioether (sulfide) groups is 2. The first kappa shape index (κ1) is 21.8. The van der Waals surface area contributed by atoms with Crippen LogP contribution in [0.4, 0.5) is 39.5 Å². The maximum atomic E-state index is 14.1. The van der Waals surface area contributed by atoms with E-state index in [2.05, 4.69) is 5.10 Å². The standard InChI is InChI=1S/C14H9F9N2S2/c1-7-2-9(15)10(3-11(7)26-6-12(16,17)18)25-5-8(4-24-25)27-14(22,23)13(19,20)21/h2-5H,6H2,1H3. The Labute approximate surface area is 155 Å². The summed E-state index contributed by atoms with van der Waals surface area (Å²) in [6.45, 7) is 1.37. The van der Waals surface area contributed by atoms with Crippen LogP contribution in [0.3, 0.4) is 0 Å².